The number of carboxylic acid groups (broad SMARTS) is 1. The molecule has 110 valence electrons. The highest BCUT2D eigenvalue weighted by atomic mass is 32.2. The highest BCUT2D eigenvalue weighted by molar-refractivity contribution is 7.89. The topological polar surface area (TPSA) is 83.5 Å². The number of aliphatic carboxylic acids is 1. The molecular formula is C14H19NO4S. The maximum atomic E-state index is 12.3. The molecule has 0 saturated heterocycles. The van der Waals surface area contributed by atoms with Crippen LogP contribution in [0.25, 0.3) is 0 Å². The number of carboxylic acids is 1. The minimum Gasteiger partial charge on any atom is -0.481 e. The molecule has 2 rings (SSSR count). The van der Waals surface area contributed by atoms with Crippen molar-refractivity contribution >= 4 is 16.0 Å². The lowest BCUT2D eigenvalue weighted by Crippen LogP contribution is -2.52. The Balaban J connectivity index is 2.26. The molecular weight excluding hydrogens is 278 g/mol. The van der Waals surface area contributed by atoms with Gasteiger partial charge in [-0.15, -0.1) is 0 Å². The lowest BCUT2D eigenvalue weighted by atomic mass is 9.72. The highest BCUT2D eigenvalue weighted by Crippen LogP contribution is 2.37. The van der Waals surface area contributed by atoms with E-state index in [0.717, 1.165) is 12.8 Å². The van der Waals surface area contributed by atoms with Crippen molar-refractivity contribution in [2.45, 2.75) is 43.5 Å². The van der Waals surface area contributed by atoms with Crippen LogP contribution in [0.15, 0.2) is 35.2 Å². The molecule has 1 aliphatic rings. The molecule has 1 saturated carbocycles. The molecule has 0 spiro atoms. The first-order chi connectivity index (χ1) is 9.36. The average molecular weight is 297 g/mol. The van der Waals surface area contributed by atoms with Gasteiger partial charge in [0.1, 0.15) is 0 Å². The second-order valence-electron chi connectivity index (χ2n) is 5.46. The maximum absolute atomic E-state index is 12.3. The Hall–Kier alpha value is -1.40. The largest absolute Gasteiger partial charge is 0.481 e. The molecule has 1 fully saturated rings. The fraction of sp³-hybridized carbons (Fsp3) is 0.500. The molecule has 2 unspecified atom stereocenters. The van der Waals surface area contributed by atoms with Crippen LogP contribution in [-0.2, 0) is 14.8 Å². The zero-order valence-electron chi connectivity index (χ0n) is 11.4. The predicted octanol–water partition coefficient (Wildman–Crippen LogP) is 2.00. The number of carbonyl (C=O) groups is 1. The van der Waals surface area contributed by atoms with Crippen LogP contribution in [0.2, 0.25) is 0 Å². The van der Waals surface area contributed by atoms with Gasteiger partial charge in [-0.1, -0.05) is 31.0 Å². The Bertz CT molecular complexity index is 584. The van der Waals surface area contributed by atoms with Gasteiger partial charge in [-0.05, 0) is 31.9 Å². The molecule has 2 N–H and O–H groups in total. The maximum Gasteiger partial charge on any atom is 0.310 e. The normalized spacial score (nSPS) is 27.1. The predicted molar refractivity (Wildman–Crippen MR) is 74.8 cm³/mol. The fourth-order valence-corrected chi connectivity index (χ4v) is 4.04. The van der Waals surface area contributed by atoms with Gasteiger partial charge >= 0.3 is 5.97 Å². The van der Waals surface area contributed by atoms with E-state index in [-0.39, 0.29) is 4.90 Å². The minimum absolute atomic E-state index is 0.165. The van der Waals surface area contributed by atoms with E-state index in [0.29, 0.717) is 12.8 Å². The molecule has 1 aromatic rings. The van der Waals surface area contributed by atoms with Crippen LogP contribution in [0.1, 0.15) is 32.6 Å². The first kappa shape index (κ1) is 15.0. The zero-order valence-corrected chi connectivity index (χ0v) is 12.2. The van der Waals surface area contributed by atoms with Gasteiger partial charge in [0.05, 0.1) is 10.3 Å². The van der Waals surface area contributed by atoms with Crippen LogP contribution in [0, 0.1) is 5.41 Å². The lowest BCUT2D eigenvalue weighted by molar-refractivity contribution is -0.151. The van der Waals surface area contributed by atoms with Crippen LogP contribution in [0.3, 0.4) is 0 Å². The minimum atomic E-state index is -3.68. The summed E-state index contributed by atoms with van der Waals surface area (Å²) in [6.07, 6.45) is 2.69. The van der Waals surface area contributed by atoms with Crippen LogP contribution in [-0.4, -0.2) is 25.5 Å². The highest BCUT2D eigenvalue weighted by Gasteiger charge is 2.44. The summed E-state index contributed by atoms with van der Waals surface area (Å²) in [7, 11) is -3.68. The summed E-state index contributed by atoms with van der Waals surface area (Å²) >= 11 is 0. The van der Waals surface area contributed by atoms with Crippen LogP contribution in [0.4, 0.5) is 0 Å². The summed E-state index contributed by atoms with van der Waals surface area (Å²) < 4.78 is 27.2. The number of hydrogen-bond acceptors (Lipinski definition) is 3. The Kier molecular flexibility index (Phi) is 4.15. The van der Waals surface area contributed by atoms with Gasteiger partial charge in [-0.25, -0.2) is 13.1 Å². The quantitative estimate of drug-likeness (QED) is 0.890. The molecule has 0 bridgehead atoms. The average Bonchev–Trinajstić information content (AvgIpc) is 2.42. The van der Waals surface area contributed by atoms with Crippen molar-refractivity contribution in [1.82, 2.24) is 4.72 Å². The van der Waals surface area contributed by atoms with Gasteiger partial charge in [0.2, 0.25) is 10.0 Å². The van der Waals surface area contributed by atoms with Crippen molar-refractivity contribution in [3.05, 3.63) is 30.3 Å². The van der Waals surface area contributed by atoms with Crippen LogP contribution in [0.5, 0.6) is 0 Å². The van der Waals surface area contributed by atoms with Gasteiger partial charge in [-0.2, -0.15) is 0 Å². The van der Waals surface area contributed by atoms with Gasteiger partial charge in [0.15, 0.2) is 0 Å². The Morgan fingerprint density at radius 3 is 2.55 bits per heavy atom. The molecule has 0 amide bonds. The Morgan fingerprint density at radius 1 is 1.30 bits per heavy atom. The van der Waals surface area contributed by atoms with E-state index >= 15 is 0 Å². The number of hydrogen-bond donors (Lipinski definition) is 2. The van der Waals surface area contributed by atoms with Crippen molar-refractivity contribution in [3.8, 4) is 0 Å². The molecule has 2 atom stereocenters. The van der Waals surface area contributed by atoms with E-state index in [2.05, 4.69) is 4.72 Å². The van der Waals surface area contributed by atoms with Gasteiger partial charge < -0.3 is 5.11 Å². The summed E-state index contributed by atoms with van der Waals surface area (Å²) in [5.74, 6) is -0.946. The first-order valence-electron chi connectivity index (χ1n) is 6.67. The SMILES string of the molecule is CC1(C(=O)O)CCCCC1NS(=O)(=O)c1ccccc1. The molecule has 0 aliphatic heterocycles. The molecule has 1 aromatic carbocycles. The smallest absolute Gasteiger partial charge is 0.310 e. The Labute approximate surface area is 119 Å². The lowest BCUT2D eigenvalue weighted by Gasteiger charge is -2.38. The third-order valence-electron chi connectivity index (χ3n) is 4.05. The van der Waals surface area contributed by atoms with Crippen LogP contribution >= 0.6 is 0 Å². The second kappa shape index (κ2) is 5.54. The van der Waals surface area contributed by atoms with Gasteiger partial charge in [0.25, 0.3) is 0 Å². The van der Waals surface area contributed by atoms with E-state index in [4.69, 9.17) is 0 Å². The number of sulfonamides is 1. The summed E-state index contributed by atoms with van der Waals surface area (Å²) in [5, 5.41) is 9.40. The molecule has 1 aliphatic carbocycles. The van der Waals surface area contributed by atoms with Crippen molar-refractivity contribution in [2.24, 2.45) is 5.41 Å². The second-order valence-corrected chi connectivity index (χ2v) is 7.17. The Morgan fingerprint density at radius 2 is 1.95 bits per heavy atom. The summed E-state index contributed by atoms with van der Waals surface area (Å²) in [6, 6.07) is 7.46. The molecule has 0 heterocycles. The third-order valence-corrected chi connectivity index (χ3v) is 5.54. The monoisotopic (exact) mass is 297 g/mol. The number of nitrogens with one attached hydrogen (secondary N) is 1. The molecule has 20 heavy (non-hydrogen) atoms. The fourth-order valence-electron chi connectivity index (χ4n) is 2.63. The molecule has 5 nitrogen and oxygen atoms in total. The van der Waals surface area contributed by atoms with Crippen molar-refractivity contribution in [3.63, 3.8) is 0 Å². The van der Waals surface area contributed by atoms with E-state index < -0.39 is 27.4 Å². The first-order valence-corrected chi connectivity index (χ1v) is 8.15. The van der Waals surface area contributed by atoms with Gasteiger partial charge in [0, 0.05) is 6.04 Å². The van der Waals surface area contributed by atoms with E-state index in [9.17, 15) is 18.3 Å². The zero-order chi connectivity index (χ0) is 14.8. The van der Waals surface area contributed by atoms with Gasteiger partial charge in [-0.3, -0.25) is 4.79 Å². The molecule has 0 aromatic heterocycles. The standard InChI is InChI=1S/C14H19NO4S/c1-14(13(16)17)10-6-5-9-12(14)15-20(18,19)11-7-3-2-4-8-11/h2-4,7-8,12,15H,5-6,9-10H2,1H3,(H,16,17). The van der Waals surface area contributed by atoms with Crippen molar-refractivity contribution in [1.29, 1.82) is 0 Å². The summed E-state index contributed by atoms with van der Waals surface area (Å²) in [4.78, 5) is 11.6. The van der Waals surface area contributed by atoms with E-state index in [1.807, 2.05) is 0 Å². The summed E-state index contributed by atoms with van der Waals surface area (Å²) in [6.45, 7) is 1.62. The van der Waals surface area contributed by atoms with Crippen molar-refractivity contribution < 1.29 is 18.3 Å². The number of rotatable bonds is 4. The molecule has 6 heteroatoms. The van der Waals surface area contributed by atoms with Crippen LogP contribution < -0.4 is 4.72 Å². The number of benzene rings is 1. The van der Waals surface area contributed by atoms with E-state index in [1.54, 1.807) is 25.1 Å². The third kappa shape index (κ3) is 2.86. The van der Waals surface area contributed by atoms with E-state index in [1.165, 1.54) is 12.1 Å². The summed E-state index contributed by atoms with van der Waals surface area (Å²) in [5.41, 5.74) is -1.04. The molecule has 0 radical (unpaired) electrons. The van der Waals surface area contributed by atoms with Crippen molar-refractivity contribution in [2.75, 3.05) is 0 Å².